The molecule has 5 heteroatoms. The Kier molecular flexibility index (Phi) is 3.41. The van der Waals surface area contributed by atoms with Gasteiger partial charge >= 0.3 is 0 Å². The Labute approximate surface area is 96.6 Å². The lowest BCUT2D eigenvalue weighted by Crippen LogP contribution is -2.32. The van der Waals surface area contributed by atoms with Crippen molar-refractivity contribution >= 4 is 22.4 Å². The van der Waals surface area contributed by atoms with E-state index in [1.807, 2.05) is 6.20 Å². The lowest BCUT2D eigenvalue weighted by atomic mass is 9.79. The molecule has 4 nitrogen and oxygen atoms in total. The smallest absolute Gasteiger partial charge is 0.293 e. The number of hydrogen-bond donors (Lipinski definition) is 1. The fourth-order valence-electron chi connectivity index (χ4n) is 1.84. The van der Waals surface area contributed by atoms with Crippen molar-refractivity contribution in [3.8, 4) is 0 Å². The van der Waals surface area contributed by atoms with Crippen LogP contribution in [-0.4, -0.2) is 22.5 Å². The summed E-state index contributed by atoms with van der Waals surface area (Å²) < 4.78 is 5.15. The summed E-state index contributed by atoms with van der Waals surface area (Å²) in [6, 6.07) is 0. The molecule has 0 radical (unpaired) electrons. The van der Waals surface area contributed by atoms with Gasteiger partial charge in [0.2, 0.25) is 0 Å². The van der Waals surface area contributed by atoms with Gasteiger partial charge in [0, 0.05) is 6.20 Å². The summed E-state index contributed by atoms with van der Waals surface area (Å²) in [5.41, 5.74) is 0.883. The van der Waals surface area contributed by atoms with E-state index in [0.29, 0.717) is 12.4 Å². The number of carbonyl (C=O) groups excluding carboxylic acids is 1. The molecule has 0 bridgehead atoms. The van der Waals surface area contributed by atoms with Crippen LogP contribution < -0.4 is 0 Å². The number of ether oxygens (including phenoxy) is 1. The predicted octanol–water partition coefficient (Wildman–Crippen LogP) is 2.19. The molecule has 1 heterocycles. The van der Waals surface area contributed by atoms with Gasteiger partial charge in [0.25, 0.3) is 6.47 Å². The number of hydrogen-bond acceptors (Lipinski definition) is 3. The molecule has 1 aliphatic rings. The fraction of sp³-hybridized carbons (Fsp3) is 0.600. The van der Waals surface area contributed by atoms with Gasteiger partial charge in [0.1, 0.15) is 6.10 Å². The van der Waals surface area contributed by atoms with Crippen LogP contribution in [0.2, 0.25) is 0 Å². The number of halogens is 1. The Morgan fingerprint density at radius 3 is 2.93 bits per heavy atom. The van der Waals surface area contributed by atoms with Gasteiger partial charge in [-0.2, -0.15) is 0 Å². The first-order valence-electron chi connectivity index (χ1n) is 5.04. The minimum Gasteiger partial charge on any atom is -0.463 e. The molecule has 2 unspecified atom stereocenters. The number of nitrogens with zero attached hydrogens (tertiary/aromatic N) is 1. The first-order valence-corrected chi connectivity index (χ1v) is 5.96. The lowest BCUT2D eigenvalue weighted by molar-refractivity contribution is -0.137. The Morgan fingerprint density at radius 1 is 1.67 bits per heavy atom. The van der Waals surface area contributed by atoms with Gasteiger partial charge in [-0.25, -0.2) is 4.98 Å². The SMILES string of the molecule is O=COC(C1CCC1)C(Br)c1c[nH]cn1. The molecule has 1 N–H and O–H groups in total. The van der Waals surface area contributed by atoms with E-state index in [2.05, 4.69) is 25.9 Å². The van der Waals surface area contributed by atoms with Crippen LogP contribution >= 0.6 is 15.9 Å². The number of H-pyrrole nitrogens is 1. The third-order valence-corrected chi connectivity index (χ3v) is 3.91. The summed E-state index contributed by atoms with van der Waals surface area (Å²) >= 11 is 3.54. The second-order valence-electron chi connectivity index (χ2n) is 3.78. The molecule has 1 saturated carbocycles. The highest BCUT2D eigenvalue weighted by Crippen LogP contribution is 2.40. The van der Waals surface area contributed by atoms with Gasteiger partial charge in [-0.05, 0) is 18.8 Å². The van der Waals surface area contributed by atoms with E-state index in [1.54, 1.807) is 6.33 Å². The summed E-state index contributed by atoms with van der Waals surface area (Å²) in [4.78, 5) is 17.5. The zero-order valence-electron chi connectivity index (χ0n) is 8.23. The van der Waals surface area contributed by atoms with E-state index >= 15 is 0 Å². The molecule has 2 rings (SSSR count). The third-order valence-electron chi connectivity index (χ3n) is 2.92. The number of nitrogens with one attached hydrogen (secondary N) is 1. The number of imidazole rings is 1. The van der Waals surface area contributed by atoms with Crippen molar-refractivity contribution in [2.45, 2.75) is 30.2 Å². The first kappa shape index (κ1) is 10.7. The van der Waals surface area contributed by atoms with Gasteiger partial charge in [-0.3, -0.25) is 4.79 Å². The van der Waals surface area contributed by atoms with E-state index in [9.17, 15) is 4.79 Å². The number of aromatic amines is 1. The average Bonchev–Trinajstić information content (AvgIpc) is 2.66. The van der Waals surface area contributed by atoms with Crippen LogP contribution in [0.15, 0.2) is 12.5 Å². The average molecular weight is 273 g/mol. The Hall–Kier alpha value is -0.840. The van der Waals surface area contributed by atoms with Gasteiger partial charge in [-0.1, -0.05) is 22.4 Å². The van der Waals surface area contributed by atoms with E-state index in [-0.39, 0.29) is 10.9 Å². The lowest BCUT2D eigenvalue weighted by Gasteiger charge is -2.34. The molecule has 15 heavy (non-hydrogen) atoms. The Bertz CT molecular complexity index is 311. The maximum atomic E-state index is 10.5. The van der Waals surface area contributed by atoms with Crippen LogP contribution in [-0.2, 0) is 9.53 Å². The second-order valence-corrected chi connectivity index (χ2v) is 4.77. The molecular weight excluding hydrogens is 260 g/mol. The number of alkyl halides is 1. The van der Waals surface area contributed by atoms with E-state index in [0.717, 1.165) is 18.5 Å². The summed E-state index contributed by atoms with van der Waals surface area (Å²) in [5.74, 6) is 0.469. The molecule has 0 aromatic carbocycles. The van der Waals surface area contributed by atoms with Crippen molar-refractivity contribution in [2.24, 2.45) is 5.92 Å². The van der Waals surface area contributed by atoms with Crippen molar-refractivity contribution in [3.05, 3.63) is 18.2 Å². The fourth-order valence-corrected chi connectivity index (χ4v) is 2.65. The van der Waals surface area contributed by atoms with E-state index in [1.165, 1.54) is 6.42 Å². The van der Waals surface area contributed by atoms with Crippen LogP contribution in [0.4, 0.5) is 0 Å². The molecule has 1 aromatic rings. The van der Waals surface area contributed by atoms with Crippen molar-refractivity contribution in [2.75, 3.05) is 0 Å². The highest BCUT2D eigenvalue weighted by atomic mass is 79.9. The maximum absolute atomic E-state index is 10.5. The minimum atomic E-state index is -0.0976. The van der Waals surface area contributed by atoms with Crippen LogP contribution in [0.25, 0.3) is 0 Å². The summed E-state index contributed by atoms with van der Waals surface area (Å²) in [6.45, 7) is 0.532. The Morgan fingerprint density at radius 2 is 2.47 bits per heavy atom. The van der Waals surface area contributed by atoms with Gasteiger partial charge < -0.3 is 9.72 Å². The van der Waals surface area contributed by atoms with Crippen LogP contribution in [0.1, 0.15) is 29.8 Å². The largest absolute Gasteiger partial charge is 0.463 e. The van der Waals surface area contributed by atoms with Gasteiger partial charge in [0.05, 0.1) is 16.8 Å². The summed E-state index contributed by atoms with van der Waals surface area (Å²) in [5, 5.41) is 0. The molecule has 0 amide bonds. The zero-order chi connectivity index (χ0) is 10.7. The molecule has 2 atom stereocenters. The monoisotopic (exact) mass is 272 g/mol. The molecule has 0 aliphatic heterocycles. The second kappa shape index (κ2) is 4.79. The van der Waals surface area contributed by atoms with Gasteiger partial charge in [-0.15, -0.1) is 0 Å². The highest BCUT2D eigenvalue weighted by Gasteiger charge is 2.35. The van der Waals surface area contributed by atoms with Crippen LogP contribution in [0, 0.1) is 5.92 Å². The normalized spacial score (nSPS) is 20.3. The molecular formula is C10H13BrN2O2. The molecule has 1 fully saturated rings. The predicted molar refractivity (Wildman–Crippen MR) is 58.5 cm³/mol. The van der Waals surface area contributed by atoms with E-state index in [4.69, 9.17) is 4.74 Å². The summed E-state index contributed by atoms with van der Waals surface area (Å²) in [6.07, 6.45) is 6.83. The zero-order valence-corrected chi connectivity index (χ0v) is 9.81. The molecule has 82 valence electrons. The highest BCUT2D eigenvalue weighted by molar-refractivity contribution is 9.09. The first-order chi connectivity index (χ1) is 7.33. The molecule has 1 aliphatic carbocycles. The van der Waals surface area contributed by atoms with Crippen molar-refractivity contribution in [3.63, 3.8) is 0 Å². The van der Waals surface area contributed by atoms with Gasteiger partial charge in [0.15, 0.2) is 0 Å². The molecule has 0 spiro atoms. The van der Waals surface area contributed by atoms with Crippen molar-refractivity contribution in [1.29, 1.82) is 0 Å². The number of aromatic nitrogens is 2. The summed E-state index contributed by atoms with van der Waals surface area (Å²) in [7, 11) is 0. The maximum Gasteiger partial charge on any atom is 0.293 e. The Balaban J connectivity index is 2.06. The quantitative estimate of drug-likeness (QED) is 0.661. The minimum absolute atomic E-state index is 0.0146. The van der Waals surface area contributed by atoms with Crippen molar-refractivity contribution in [1.82, 2.24) is 9.97 Å². The molecule has 1 aromatic heterocycles. The molecule has 0 saturated heterocycles. The van der Waals surface area contributed by atoms with Crippen molar-refractivity contribution < 1.29 is 9.53 Å². The van der Waals surface area contributed by atoms with E-state index < -0.39 is 0 Å². The third kappa shape index (κ3) is 2.22. The topological polar surface area (TPSA) is 55.0 Å². The van der Waals surface area contributed by atoms with Crippen LogP contribution in [0.3, 0.4) is 0 Å². The number of rotatable bonds is 5. The van der Waals surface area contributed by atoms with Crippen LogP contribution in [0.5, 0.6) is 0 Å². The number of carbonyl (C=O) groups is 1. The standard InChI is InChI=1S/C10H13BrN2O2/c11-9(8-4-12-5-13-8)10(15-6-14)7-2-1-3-7/h4-7,9-10H,1-3H2,(H,12,13).